The van der Waals surface area contributed by atoms with E-state index in [4.69, 9.17) is 0 Å². The standard InChI is InChI=1S/C11H13N3S2/c1-2-12-11-13-10(14-16-11)8-15-9-6-4-3-5-7-9/h3-7H,2,8H2,1H3,(H,12,13,14). The third kappa shape index (κ3) is 3.21. The van der Waals surface area contributed by atoms with Crippen molar-refractivity contribution in [2.45, 2.75) is 17.6 Å². The molecule has 0 unspecified atom stereocenters. The van der Waals surface area contributed by atoms with E-state index in [1.807, 2.05) is 18.2 Å². The lowest BCUT2D eigenvalue weighted by molar-refractivity contribution is 1.11. The van der Waals surface area contributed by atoms with Crippen LogP contribution >= 0.6 is 23.3 Å². The molecular formula is C11H13N3S2. The third-order valence-corrected chi connectivity index (χ3v) is 3.63. The number of thioether (sulfide) groups is 1. The second-order valence-corrected chi connectivity index (χ2v) is 4.95. The van der Waals surface area contributed by atoms with Crippen molar-refractivity contribution in [2.75, 3.05) is 11.9 Å². The van der Waals surface area contributed by atoms with E-state index in [2.05, 4.69) is 33.7 Å². The van der Waals surface area contributed by atoms with Gasteiger partial charge in [-0.05, 0) is 19.1 Å². The summed E-state index contributed by atoms with van der Waals surface area (Å²) in [6.45, 7) is 2.94. The minimum atomic E-state index is 0.825. The lowest BCUT2D eigenvalue weighted by Crippen LogP contribution is -1.95. The van der Waals surface area contributed by atoms with Gasteiger partial charge in [-0.3, -0.25) is 0 Å². The second-order valence-electron chi connectivity index (χ2n) is 3.15. The molecule has 84 valence electrons. The third-order valence-electron chi connectivity index (χ3n) is 1.91. The van der Waals surface area contributed by atoms with Crippen LogP contribution in [0.15, 0.2) is 35.2 Å². The summed E-state index contributed by atoms with van der Waals surface area (Å²) in [5.74, 6) is 1.72. The van der Waals surface area contributed by atoms with Crippen LogP contribution in [0.4, 0.5) is 5.13 Å². The van der Waals surface area contributed by atoms with Crippen molar-refractivity contribution in [3.05, 3.63) is 36.2 Å². The number of aromatic nitrogens is 2. The highest BCUT2D eigenvalue weighted by Gasteiger charge is 2.03. The van der Waals surface area contributed by atoms with E-state index in [-0.39, 0.29) is 0 Å². The number of benzene rings is 1. The summed E-state index contributed by atoms with van der Waals surface area (Å²) >= 11 is 3.18. The second kappa shape index (κ2) is 5.86. The first kappa shape index (κ1) is 11.4. The molecule has 0 bridgehead atoms. The summed E-state index contributed by atoms with van der Waals surface area (Å²) in [6.07, 6.45) is 0. The molecule has 0 fully saturated rings. The molecule has 0 atom stereocenters. The van der Waals surface area contributed by atoms with Crippen LogP contribution in [0.3, 0.4) is 0 Å². The van der Waals surface area contributed by atoms with E-state index in [1.54, 1.807) is 11.8 Å². The number of hydrogen-bond acceptors (Lipinski definition) is 5. The van der Waals surface area contributed by atoms with Crippen molar-refractivity contribution in [2.24, 2.45) is 0 Å². The molecule has 3 nitrogen and oxygen atoms in total. The predicted molar refractivity (Wildman–Crippen MR) is 70.1 cm³/mol. The largest absolute Gasteiger partial charge is 0.361 e. The van der Waals surface area contributed by atoms with Gasteiger partial charge in [0.1, 0.15) is 0 Å². The van der Waals surface area contributed by atoms with Crippen molar-refractivity contribution in [3.8, 4) is 0 Å². The van der Waals surface area contributed by atoms with E-state index in [1.165, 1.54) is 16.4 Å². The van der Waals surface area contributed by atoms with Crippen LogP contribution in [0, 0.1) is 0 Å². The molecule has 1 aromatic carbocycles. The van der Waals surface area contributed by atoms with Crippen molar-refractivity contribution >= 4 is 28.4 Å². The van der Waals surface area contributed by atoms with Crippen LogP contribution in [0.25, 0.3) is 0 Å². The average molecular weight is 251 g/mol. The van der Waals surface area contributed by atoms with Crippen molar-refractivity contribution in [1.29, 1.82) is 0 Å². The zero-order valence-corrected chi connectivity index (χ0v) is 10.6. The SMILES string of the molecule is CCNc1nc(CSc2ccccc2)ns1. The monoisotopic (exact) mass is 251 g/mol. The van der Waals surface area contributed by atoms with Gasteiger partial charge in [0, 0.05) is 23.0 Å². The number of rotatable bonds is 5. The molecular weight excluding hydrogens is 238 g/mol. The minimum absolute atomic E-state index is 0.825. The Hall–Kier alpha value is -1.07. The molecule has 0 aliphatic rings. The first-order valence-corrected chi connectivity index (χ1v) is 6.88. The summed E-state index contributed by atoms with van der Waals surface area (Å²) in [5, 5.41) is 4.07. The number of nitrogens with zero attached hydrogens (tertiary/aromatic N) is 2. The molecule has 0 amide bonds. The van der Waals surface area contributed by atoms with Gasteiger partial charge in [0.25, 0.3) is 0 Å². The summed E-state index contributed by atoms with van der Waals surface area (Å²) in [6, 6.07) is 10.3. The molecule has 1 aromatic heterocycles. The highest BCUT2D eigenvalue weighted by Crippen LogP contribution is 2.22. The molecule has 2 rings (SSSR count). The molecule has 0 spiro atoms. The molecule has 5 heteroatoms. The highest BCUT2D eigenvalue weighted by molar-refractivity contribution is 7.98. The lowest BCUT2D eigenvalue weighted by Gasteiger charge is -1.97. The van der Waals surface area contributed by atoms with Crippen LogP contribution in [-0.2, 0) is 5.75 Å². The van der Waals surface area contributed by atoms with Gasteiger partial charge < -0.3 is 5.32 Å². The molecule has 1 heterocycles. The first-order chi connectivity index (χ1) is 7.88. The van der Waals surface area contributed by atoms with Gasteiger partial charge in [-0.15, -0.1) is 11.8 Å². The Labute approximate surface area is 103 Å². The minimum Gasteiger partial charge on any atom is -0.361 e. The molecule has 16 heavy (non-hydrogen) atoms. The van der Waals surface area contributed by atoms with E-state index in [9.17, 15) is 0 Å². The average Bonchev–Trinajstić information content (AvgIpc) is 2.76. The van der Waals surface area contributed by atoms with Gasteiger partial charge >= 0.3 is 0 Å². The summed E-state index contributed by atoms with van der Waals surface area (Å²) < 4.78 is 4.30. The highest BCUT2D eigenvalue weighted by atomic mass is 32.2. The number of anilines is 1. The predicted octanol–water partition coefficient (Wildman–Crippen LogP) is 3.26. The van der Waals surface area contributed by atoms with Gasteiger partial charge in [-0.25, -0.2) is 4.98 Å². The van der Waals surface area contributed by atoms with E-state index in [0.717, 1.165) is 23.3 Å². The smallest absolute Gasteiger partial charge is 0.202 e. The molecule has 0 aliphatic heterocycles. The van der Waals surface area contributed by atoms with E-state index < -0.39 is 0 Å². The van der Waals surface area contributed by atoms with Gasteiger partial charge in [-0.1, -0.05) is 18.2 Å². The fraction of sp³-hybridized carbons (Fsp3) is 0.273. The van der Waals surface area contributed by atoms with Gasteiger partial charge in [0.2, 0.25) is 5.13 Å². The Morgan fingerprint density at radius 3 is 2.88 bits per heavy atom. The Balaban J connectivity index is 1.89. The number of hydrogen-bond donors (Lipinski definition) is 1. The Kier molecular flexibility index (Phi) is 4.18. The molecule has 0 radical (unpaired) electrons. The quantitative estimate of drug-likeness (QED) is 0.828. The van der Waals surface area contributed by atoms with Crippen molar-refractivity contribution in [1.82, 2.24) is 9.36 Å². The maximum atomic E-state index is 4.39. The first-order valence-electron chi connectivity index (χ1n) is 5.13. The zero-order valence-electron chi connectivity index (χ0n) is 9.01. The van der Waals surface area contributed by atoms with E-state index in [0.29, 0.717) is 0 Å². The number of nitrogens with one attached hydrogen (secondary N) is 1. The fourth-order valence-corrected chi connectivity index (χ4v) is 2.71. The summed E-state index contributed by atoms with van der Waals surface area (Å²) in [4.78, 5) is 5.64. The summed E-state index contributed by atoms with van der Waals surface area (Å²) in [5.41, 5.74) is 0. The van der Waals surface area contributed by atoms with Crippen molar-refractivity contribution < 1.29 is 0 Å². The molecule has 0 saturated heterocycles. The molecule has 1 N–H and O–H groups in total. The Morgan fingerprint density at radius 2 is 2.12 bits per heavy atom. The Bertz CT molecular complexity index is 428. The molecule has 2 aromatic rings. The van der Waals surface area contributed by atoms with Gasteiger partial charge in [0.05, 0.1) is 5.75 Å². The maximum absolute atomic E-state index is 4.39. The lowest BCUT2D eigenvalue weighted by atomic mass is 10.4. The van der Waals surface area contributed by atoms with Crippen molar-refractivity contribution in [3.63, 3.8) is 0 Å². The molecule has 0 saturated carbocycles. The van der Waals surface area contributed by atoms with Gasteiger partial charge in [-0.2, -0.15) is 4.37 Å². The molecule has 0 aliphatic carbocycles. The van der Waals surface area contributed by atoms with Crippen LogP contribution in [0.1, 0.15) is 12.7 Å². The zero-order chi connectivity index (χ0) is 11.2. The topological polar surface area (TPSA) is 37.8 Å². The van der Waals surface area contributed by atoms with Crippen LogP contribution in [0.2, 0.25) is 0 Å². The Morgan fingerprint density at radius 1 is 1.31 bits per heavy atom. The van der Waals surface area contributed by atoms with Crippen LogP contribution < -0.4 is 5.32 Å². The maximum Gasteiger partial charge on any atom is 0.202 e. The van der Waals surface area contributed by atoms with Crippen LogP contribution in [-0.4, -0.2) is 15.9 Å². The van der Waals surface area contributed by atoms with Gasteiger partial charge in [0.15, 0.2) is 5.82 Å². The summed E-state index contributed by atoms with van der Waals surface area (Å²) in [7, 11) is 0. The fourth-order valence-electron chi connectivity index (χ4n) is 1.20. The normalized spacial score (nSPS) is 10.3. The van der Waals surface area contributed by atoms with Crippen LogP contribution in [0.5, 0.6) is 0 Å². The van der Waals surface area contributed by atoms with E-state index >= 15 is 0 Å².